The Kier molecular flexibility index (Phi) is 7.81. The van der Waals surface area contributed by atoms with Gasteiger partial charge in [-0.05, 0) is 109 Å². The molecule has 0 fully saturated rings. The standard InChI is InChI=1S/C49H46N4Si/c1-48(2,3)34-21-24-38-39-25-22-35(49(4,5)6)31-46(39)54(45(38)30-34,47-20-11-13-28-51-47)37-23-26-42-44(32-37)53(43-19-9-8-18-41(43)52(42)7)36-16-14-15-33(29-36)40-17-10-12-27-50-40/h8-32H,1-7H3. The minimum atomic E-state index is -2.98. The topological polar surface area (TPSA) is 32.3 Å². The number of para-hydroxylation sites is 2. The first-order chi connectivity index (χ1) is 26.0. The Hall–Kier alpha value is -5.78. The van der Waals surface area contributed by atoms with Crippen LogP contribution in [0.2, 0.25) is 0 Å². The molecule has 0 amide bonds. The van der Waals surface area contributed by atoms with Gasteiger partial charge >= 0.3 is 0 Å². The molecule has 2 aliphatic heterocycles. The van der Waals surface area contributed by atoms with Crippen LogP contribution in [0.5, 0.6) is 0 Å². The third-order valence-corrected chi connectivity index (χ3v) is 16.2. The van der Waals surface area contributed by atoms with Gasteiger partial charge in [0.25, 0.3) is 0 Å². The molecule has 7 aromatic rings. The van der Waals surface area contributed by atoms with Crippen LogP contribution in [0.1, 0.15) is 52.7 Å². The van der Waals surface area contributed by atoms with E-state index in [2.05, 4.69) is 192 Å². The number of aromatic nitrogens is 2. The van der Waals surface area contributed by atoms with Gasteiger partial charge < -0.3 is 9.80 Å². The monoisotopic (exact) mass is 718 g/mol. The maximum atomic E-state index is 5.31. The molecule has 0 saturated heterocycles. The van der Waals surface area contributed by atoms with Gasteiger partial charge in [0.2, 0.25) is 8.07 Å². The summed E-state index contributed by atoms with van der Waals surface area (Å²) in [6.45, 7) is 13.9. The van der Waals surface area contributed by atoms with Crippen molar-refractivity contribution in [1.82, 2.24) is 9.97 Å². The third-order valence-electron chi connectivity index (χ3n) is 11.5. The van der Waals surface area contributed by atoms with Crippen molar-refractivity contribution in [3.05, 3.63) is 163 Å². The fourth-order valence-electron chi connectivity index (χ4n) is 8.61. The van der Waals surface area contributed by atoms with E-state index in [1.165, 1.54) is 43.5 Å². The van der Waals surface area contributed by atoms with E-state index in [0.717, 1.165) is 39.3 Å². The Bertz CT molecular complexity index is 2480. The first kappa shape index (κ1) is 34.0. The van der Waals surface area contributed by atoms with Crippen LogP contribution in [-0.2, 0) is 10.8 Å². The van der Waals surface area contributed by atoms with Gasteiger partial charge in [0.1, 0.15) is 0 Å². The molecule has 4 nitrogen and oxygen atoms in total. The summed E-state index contributed by atoms with van der Waals surface area (Å²) in [5.41, 5.74) is 13.1. The average molecular weight is 719 g/mol. The summed E-state index contributed by atoms with van der Waals surface area (Å²) in [5, 5.41) is 5.33. The molecule has 4 heterocycles. The number of fused-ring (bicyclic) bond motifs is 5. The molecule has 0 bridgehead atoms. The molecule has 0 saturated carbocycles. The quantitative estimate of drug-likeness (QED) is 0.170. The molecule has 0 spiro atoms. The van der Waals surface area contributed by atoms with Gasteiger partial charge in [-0.15, -0.1) is 0 Å². The SMILES string of the molecule is CN1c2ccccc2N(c2cccc(-c3ccccn3)c2)c2cc([Si]3(c4ccccn4)c4cc(C(C)(C)C)ccc4-c4ccc(C(C)(C)C)cc43)ccc21. The summed E-state index contributed by atoms with van der Waals surface area (Å²) >= 11 is 0. The molecule has 5 aromatic carbocycles. The summed E-state index contributed by atoms with van der Waals surface area (Å²) in [7, 11) is -0.789. The van der Waals surface area contributed by atoms with E-state index in [1.54, 1.807) is 0 Å². The number of rotatable bonds is 4. The Balaban J connectivity index is 1.36. The zero-order valence-corrected chi connectivity index (χ0v) is 33.2. The first-order valence-corrected chi connectivity index (χ1v) is 21.0. The van der Waals surface area contributed by atoms with E-state index in [1.807, 2.05) is 18.5 Å². The van der Waals surface area contributed by atoms with Crippen LogP contribution in [0.3, 0.4) is 0 Å². The normalized spacial score (nSPS) is 14.3. The van der Waals surface area contributed by atoms with E-state index < -0.39 is 8.07 Å². The van der Waals surface area contributed by atoms with Gasteiger partial charge in [-0.2, -0.15) is 0 Å². The van der Waals surface area contributed by atoms with Crippen molar-refractivity contribution in [3.8, 4) is 22.4 Å². The molecule has 0 unspecified atom stereocenters. The lowest BCUT2D eigenvalue weighted by Crippen LogP contribution is -2.73. The molecule has 0 aliphatic carbocycles. The van der Waals surface area contributed by atoms with Crippen molar-refractivity contribution < 1.29 is 0 Å². The highest BCUT2D eigenvalue weighted by Gasteiger charge is 2.51. The predicted octanol–water partition coefficient (Wildman–Crippen LogP) is 9.65. The van der Waals surface area contributed by atoms with Crippen LogP contribution in [-0.4, -0.2) is 25.1 Å². The lowest BCUT2D eigenvalue weighted by molar-refractivity contribution is 0.590. The zero-order chi connectivity index (χ0) is 37.4. The molecule has 54 heavy (non-hydrogen) atoms. The highest BCUT2D eigenvalue weighted by Crippen LogP contribution is 2.51. The number of nitrogens with zero attached hydrogens (tertiary/aromatic N) is 4. The second-order valence-corrected chi connectivity index (χ2v) is 20.5. The van der Waals surface area contributed by atoms with Crippen LogP contribution >= 0.6 is 0 Å². The van der Waals surface area contributed by atoms with E-state index in [4.69, 9.17) is 9.97 Å². The molecule has 266 valence electrons. The maximum absolute atomic E-state index is 5.31. The molecule has 9 rings (SSSR count). The molecule has 2 aliphatic rings. The summed E-state index contributed by atoms with van der Waals surface area (Å²) in [6, 6.07) is 52.0. The van der Waals surface area contributed by atoms with Crippen LogP contribution in [0.25, 0.3) is 22.4 Å². The van der Waals surface area contributed by atoms with E-state index >= 15 is 0 Å². The molecule has 0 radical (unpaired) electrons. The van der Waals surface area contributed by atoms with Crippen molar-refractivity contribution >= 4 is 57.4 Å². The van der Waals surface area contributed by atoms with E-state index in [0.29, 0.717) is 0 Å². The van der Waals surface area contributed by atoms with Crippen molar-refractivity contribution in [2.24, 2.45) is 0 Å². The van der Waals surface area contributed by atoms with Gasteiger partial charge in [-0.1, -0.05) is 120 Å². The maximum Gasteiger partial charge on any atom is 0.203 e. The van der Waals surface area contributed by atoms with Gasteiger partial charge in [-0.25, -0.2) is 0 Å². The number of hydrogen-bond acceptors (Lipinski definition) is 4. The number of benzene rings is 5. The second kappa shape index (κ2) is 12.4. The van der Waals surface area contributed by atoms with E-state index in [9.17, 15) is 0 Å². The van der Waals surface area contributed by atoms with Crippen molar-refractivity contribution in [2.45, 2.75) is 52.4 Å². The molecule has 0 N–H and O–H groups in total. The van der Waals surface area contributed by atoms with Gasteiger partial charge in [0.15, 0.2) is 0 Å². The fraction of sp³-hybridized carbons (Fsp3) is 0.184. The first-order valence-electron chi connectivity index (χ1n) is 19.0. The smallest absolute Gasteiger partial charge is 0.203 e. The van der Waals surface area contributed by atoms with Gasteiger partial charge in [-0.3, -0.25) is 9.97 Å². The van der Waals surface area contributed by atoms with Crippen molar-refractivity contribution in [3.63, 3.8) is 0 Å². The Morgan fingerprint density at radius 3 is 1.72 bits per heavy atom. The minimum Gasteiger partial charge on any atom is -0.341 e. The Morgan fingerprint density at radius 1 is 0.500 bits per heavy atom. The third kappa shape index (κ3) is 5.25. The molecular formula is C49H46N4Si. The van der Waals surface area contributed by atoms with Crippen LogP contribution < -0.4 is 30.7 Å². The fourth-order valence-corrected chi connectivity index (χ4v) is 13.7. The molecule has 2 aromatic heterocycles. The largest absolute Gasteiger partial charge is 0.341 e. The zero-order valence-electron chi connectivity index (χ0n) is 32.2. The van der Waals surface area contributed by atoms with Crippen LogP contribution in [0, 0.1) is 0 Å². The highest BCUT2D eigenvalue weighted by molar-refractivity contribution is 7.21. The van der Waals surface area contributed by atoms with Crippen molar-refractivity contribution in [1.29, 1.82) is 0 Å². The lowest BCUT2D eigenvalue weighted by Gasteiger charge is -2.40. The second-order valence-electron chi connectivity index (χ2n) is 16.8. The molecule has 0 atom stereocenters. The summed E-state index contributed by atoms with van der Waals surface area (Å²) in [5.74, 6) is 0. The number of pyridine rings is 2. The van der Waals surface area contributed by atoms with Crippen molar-refractivity contribution in [2.75, 3.05) is 16.8 Å². The van der Waals surface area contributed by atoms with E-state index in [-0.39, 0.29) is 10.8 Å². The summed E-state index contributed by atoms with van der Waals surface area (Å²) in [4.78, 5) is 14.8. The summed E-state index contributed by atoms with van der Waals surface area (Å²) < 4.78 is 0. The molecule has 5 heteroatoms. The van der Waals surface area contributed by atoms with Crippen LogP contribution in [0.15, 0.2) is 152 Å². The number of anilines is 5. The average Bonchev–Trinajstić information content (AvgIpc) is 3.48. The minimum absolute atomic E-state index is 0.0116. The van der Waals surface area contributed by atoms with Gasteiger partial charge in [0.05, 0.1) is 28.4 Å². The van der Waals surface area contributed by atoms with Crippen LogP contribution in [0.4, 0.5) is 28.4 Å². The Morgan fingerprint density at radius 2 is 1.11 bits per heavy atom. The number of hydrogen-bond donors (Lipinski definition) is 0. The predicted molar refractivity (Wildman–Crippen MR) is 230 cm³/mol. The Labute approximate surface area is 320 Å². The van der Waals surface area contributed by atoms with Gasteiger partial charge in [0, 0.05) is 36.0 Å². The lowest BCUT2D eigenvalue weighted by atomic mass is 9.85. The molecular weight excluding hydrogens is 673 g/mol. The highest BCUT2D eigenvalue weighted by atomic mass is 28.3. The summed E-state index contributed by atoms with van der Waals surface area (Å²) in [6.07, 6.45) is 3.85.